The maximum atomic E-state index is 14.9. The Bertz CT molecular complexity index is 1590. The number of fused-ring (bicyclic) bond motifs is 1. The van der Waals surface area contributed by atoms with Gasteiger partial charge in [0, 0.05) is 42.8 Å². The van der Waals surface area contributed by atoms with E-state index in [1.807, 2.05) is 32.0 Å². The molecule has 0 unspecified atom stereocenters. The Morgan fingerprint density at radius 1 is 1.08 bits per heavy atom. The SMILES string of the molecule is CC(C)(C#N)c1cccc(C(=O)Cc2ccc(F)c(Cc3ncccc3-c3ncnc4c3N=CC4)c2)c1. The zero-order valence-electron chi connectivity index (χ0n) is 20.6. The normalized spacial score (nSPS) is 12.3. The first-order chi connectivity index (χ1) is 17.9. The zero-order valence-corrected chi connectivity index (χ0v) is 20.6. The highest BCUT2D eigenvalue weighted by atomic mass is 19.1. The summed E-state index contributed by atoms with van der Waals surface area (Å²) in [4.78, 5) is 30.8. The minimum atomic E-state index is -0.700. The van der Waals surface area contributed by atoms with Gasteiger partial charge in [-0.3, -0.25) is 14.8 Å². The van der Waals surface area contributed by atoms with Crippen LogP contribution in [0.2, 0.25) is 0 Å². The average molecular weight is 490 g/mol. The fourth-order valence-corrected chi connectivity index (χ4v) is 4.40. The van der Waals surface area contributed by atoms with Crippen LogP contribution in [0.15, 0.2) is 72.1 Å². The van der Waals surface area contributed by atoms with E-state index >= 15 is 0 Å². The minimum Gasteiger partial charge on any atom is -0.294 e. The Hall–Kier alpha value is -4.57. The fourth-order valence-electron chi connectivity index (χ4n) is 4.40. The summed E-state index contributed by atoms with van der Waals surface area (Å²) in [6, 6.07) is 17.9. The van der Waals surface area contributed by atoms with Crippen LogP contribution in [-0.4, -0.2) is 26.9 Å². The lowest BCUT2D eigenvalue weighted by molar-refractivity contribution is 0.0993. The minimum absolute atomic E-state index is 0.0962. The number of hydrogen-bond donors (Lipinski definition) is 0. The molecule has 6 nitrogen and oxygen atoms in total. The fraction of sp³-hybridized carbons (Fsp3) is 0.200. The molecule has 2 aromatic carbocycles. The molecule has 1 aliphatic heterocycles. The van der Waals surface area contributed by atoms with Gasteiger partial charge in [-0.15, -0.1) is 0 Å². The number of halogens is 1. The third-order valence-electron chi connectivity index (χ3n) is 6.57. The van der Waals surface area contributed by atoms with Crippen LogP contribution in [-0.2, 0) is 24.7 Å². The van der Waals surface area contributed by atoms with Crippen molar-refractivity contribution in [1.29, 1.82) is 5.26 Å². The van der Waals surface area contributed by atoms with Gasteiger partial charge in [0.05, 0.1) is 22.9 Å². The number of carbonyl (C=O) groups excluding carboxylic acids is 1. The van der Waals surface area contributed by atoms with Crippen molar-refractivity contribution in [2.24, 2.45) is 4.99 Å². The topological polar surface area (TPSA) is 91.9 Å². The van der Waals surface area contributed by atoms with Gasteiger partial charge in [-0.05, 0) is 54.8 Å². The summed E-state index contributed by atoms with van der Waals surface area (Å²) in [6.45, 7) is 3.63. The monoisotopic (exact) mass is 489 g/mol. The van der Waals surface area contributed by atoms with Crippen molar-refractivity contribution in [1.82, 2.24) is 15.0 Å². The van der Waals surface area contributed by atoms with Gasteiger partial charge < -0.3 is 0 Å². The first-order valence-electron chi connectivity index (χ1n) is 12.0. The zero-order chi connectivity index (χ0) is 26.0. The Balaban J connectivity index is 1.42. The number of rotatable bonds is 7. The number of Topliss-reactive ketones (excluding diaryl/α,β-unsaturated/α-hetero) is 1. The molecule has 0 aliphatic carbocycles. The van der Waals surface area contributed by atoms with Crippen LogP contribution in [0.25, 0.3) is 11.3 Å². The molecule has 2 aromatic heterocycles. The van der Waals surface area contributed by atoms with Gasteiger partial charge in [-0.25, -0.2) is 14.4 Å². The summed E-state index contributed by atoms with van der Waals surface area (Å²) in [5.74, 6) is -0.461. The second-order valence-corrected chi connectivity index (χ2v) is 9.55. The van der Waals surface area contributed by atoms with Crippen LogP contribution in [0.4, 0.5) is 10.1 Å². The number of ketones is 1. The third-order valence-corrected chi connectivity index (χ3v) is 6.57. The Morgan fingerprint density at radius 3 is 2.78 bits per heavy atom. The molecule has 0 saturated heterocycles. The molecule has 0 saturated carbocycles. The van der Waals surface area contributed by atoms with Crippen molar-refractivity contribution in [3.05, 3.63) is 107 Å². The van der Waals surface area contributed by atoms with Crippen LogP contribution >= 0.6 is 0 Å². The van der Waals surface area contributed by atoms with Crippen LogP contribution in [0.5, 0.6) is 0 Å². The van der Waals surface area contributed by atoms with E-state index in [0.29, 0.717) is 34.5 Å². The van der Waals surface area contributed by atoms with Gasteiger partial charge in [0.25, 0.3) is 0 Å². The van der Waals surface area contributed by atoms with E-state index < -0.39 is 5.41 Å². The second kappa shape index (κ2) is 9.82. The van der Waals surface area contributed by atoms with E-state index in [2.05, 4.69) is 26.0 Å². The first-order valence-corrected chi connectivity index (χ1v) is 12.0. The smallest absolute Gasteiger partial charge is 0.167 e. The highest BCUT2D eigenvalue weighted by molar-refractivity contribution is 5.97. The standard InChI is InChI=1S/C30H24FN5O/c1-30(2,17-32)22-6-3-5-20(15-22)27(37)14-19-8-9-24(31)21(13-19)16-26-23(7-4-11-33-26)28-29-25(10-12-34-29)35-18-36-28/h3-9,11-13,15,18H,10,14,16H2,1-2H3. The summed E-state index contributed by atoms with van der Waals surface area (Å²) < 4.78 is 14.9. The molecule has 182 valence electrons. The molecule has 3 heterocycles. The molecule has 0 radical (unpaired) electrons. The van der Waals surface area contributed by atoms with Gasteiger partial charge >= 0.3 is 0 Å². The summed E-state index contributed by atoms with van der Waals surface area (Å²) >= 11 is 0. The number of benzene rings is 2. The van der Waals surface area contributed by atoms with Gasteiger partial charge in [0.2, 0.25) is 0 Å². The van der Waals surface area contributed by atoms with Crippen LogP contribution in [0.3, 0.4) is 0 Å². The number of pyridine rings is 1. The largest absolute Gasteiger partial charge is 0.294 e. The van der Waals surface area contributed by atoms with Crippen molar-refractivity contribution >= 4 is 17.7 Å². The number of aromatic nitrogens is 3. The van der Waals surface area contributed by atoms with E-state index in [4.69, 9.17) is 0 Å². The molecule has 7 heteroatoms. The highest BCUT2D eigenvalue weighted by Crippen LogP contribution is 2.35. The maximum Gasteiger partial charge on any atom is 0.167 e. The summed E-state index contributed by atoms with van der Waals surface area (Å²) in [6.07, 6.45) is 5.99. The number of hydrogen-bond acceptors (Lipinski definition) is 6. The van der Waals surface area contributed by atoms with Crippen LogP contribution < -0.4 is 0 Å². The van der Waals surface area contributed by atoms with Crippen molar-refractivity contribution in [3.8, 4) is 17.3 Å². The Kier molecular flexibility index (Phi) is 6.41. The Morgan fingerprint density at radius 2 is 1.95 bits per heavy atom. The predicted molar refractivity (Wildman–Crippen MR) is 139 cm³/mol. The van der Waals surface area contributed by atoms with Crippen molar-refractivity contribution in [2.45, 2.75) is 38.5 Å². The maximum absolute atomic E-state index is 14.9. The second-order valence-electron chi connectivity index (χ2n) is 9.55. The lowest BCUT2D eigenvalue weighted by Crippen LogP contribution is -2.15. The third kappa shape index (κ3) is 4.91. The van der Waals surface area contributed by atoms with E-state index in [0.717, 1.165) is 22.5 Å². The molecule has 1 aliphatic rings. The molecular formula is C30H24FN5O. The Labute approximate surface area is 214 Å². The van der Waals surface area contributed by atoms with E-state index in [1.54, 1.807) is 42.7 Å². The molecule has 4 aromatic rings. The molecule has 0 bridgehead atoms. The average Bonchev–Trinajstić information content (AvgIpc) is 3.40. The van der Waals surface area contributed by atoms with Gasteiger partial charge in [0.15, 0.2) is 5.78 Å². The molecule has 0 spiro atoms. The lowest BCUT2D eigenvalue weighted by Gasteiger charge is -2.16. The summed E-state index contributed by atoms with van der Waals surface area (Å²) in [5, 5.41) is 9.44. The van der Waals surface area contributed by atoms with Crippen molar-refractivity contribution in [3.63, 3.8) is 0 Å². The molecule has 0 fully saturated rings. The molecule has 5 rings (SSSR count). The van der Waals surface area contributed by atoms with Crippen molar-refractivity contribution < 1.29 is 9.18 Å². The molecule has 0 N–H and O–H groups in total. The number of aliphatic imine (C=N–C) groups is 1. The molecular weight excluding hydrogens is 465 g/mol. The summed E-state index contributed by atoms with van der Waals surface area (Å²) in [5.41, 5.74) is 5.45. The highest BCUT2D eigenvalue weighted by Gasteiger charge is 2.22. The van der Waals surface area contributed by atoms with E-state index in [9.17, 15) is 14.4 Å². The number of nitriles is 1. The predicted octanol–water partition coefficient (Wildman–Crippen LogP) is 5.75. The van der Waals surface area contributed by atoms with Gasteiger partial charge in [-0.1, -0.05) is 30.3 Å². The molecule has 0 amide bonds. The van der Waals surface area contributed by atoms with Crippen LogP contribution in [0.1, 0.15) is 52.3 Å². The van der Waals surface area contributed by atoms with Gasteiger partial charge in [-0.2, -0.15) is 5.26 Å². The summed E-state index contributed by atoms with van der Waals surface area (Å²) in [7, 11) is 0. The van der Waals surface area contributed by atoms with E-state index in [-0.39, 0.29) is 24.4 Å². The number of nitrogens with zero attached hydrogens (tertiary/aromatic N) is 5. The number of carbonyl (C=O) groups is 1. The van der Waals surface area contributed by atoms with Gasteiger partial charge in [0.1, 0.15) is 23.5 Å². The molecule has 0 atom stereocenters. The van der Waals surface area contributed by atoms with Crippen molar-refractivity contribution in [2.75, 3.05) is 0 Å². The van der Waals surface area contributed by atoms with Crippen LogP contribution in [0, 0.1) is 17.1 Å². The van der Waals surface area contributed by atoms with E-state index in [1.165, 1.54) is 12.4 Å². The first kappa shape index (κ1) is 24.1. The molecule has 37 heavy (non-hydrogen) atoms. The quantitative estimate of drug-likeness (QED) is 0.308. The lowest BCUT2D eigenvalue weighted by atomic mass is 9.85.